The van der Waals surface area contributed by atoms with E-state index in [1.807, 2.05) is 0 Å². The van der Waals surface area contributed by atoms with Gasteiger partial charge in [-0.1, -0.05) is 0 Å². The molecule has 1 saturated heterocycles. The van der Waals surface area contributed by atoms with Gasteiger partial charge in [-0.3, -0.25) is 0 Å². The standard InChI is InChI=1S/C6H11NOS/c1-5(2)7-3-4-8-6(7)9/h5H,3-4H2,1-2H3. The molecule has 0 aromatic heterocycles. The van der Waals surface area contributed by atoms with Crippen LogP contribution in [0.1, 0.15) is 13.8 Å². The minimum atomic E-state index is 0.486. The van der Waals surface area contributed by atoms with E-state index >= 15 is 0 Å². The van der Waals surface area contributed by atoms with Crippen molar-refractivity contribution in [1.29, 1.82) is 0 Å². The largest absolute Gasteiger partial charge is 0.469 e. The maximum atomic E-state index is 5.08. The average Bonchev–Trinajstić information content (AvgIpc) is 2.13. The topological polar surface area (TPSA) is 12.5 Å². The second-order valence-corrected chi connectivity index (χ2v) is 2.75. The van der Waals surface area contributed by atoms with Gasteiger partial charge in [-0.25, -0.2) is 0 Å². The summed E-state index contributed by atoms with van der Waals surface area (Å²) in [6.45, 7) is 5.94. The van der Waals surface area contributed by atoms with Gasteiger partial charge in [0.2, 0.25) is 0 Å². The fraction of sp³-hybridized carbons (Fsp3) is 0.833. The first-order valence-corrected chi connectivity index (χ1v) is 3.56. The summed E-state index contributed by atoms with van der Waals surface area (Å²) in [6, 6.07) is 0.486. The number of hydrogen-bond donors (Lipinski definition) is 0. The smallest absolute Gasteiger partial charge is 0.259 e. The van der Waals surface area contributed by atoms with Gasteiger partial charge in [-0.05, 0) is 26.1 Å². The van der Waals surface area contributed by atoms with Crippen LogP contribution < -0.4 is 0 Å². The fourth-order valence-electron chi connectivity index (χ4n) is 0.875. The van der Waals surface area contributed by atoms with Crippen LogP contribution in [0.5, 0.6) is 0 Å². The Morgan fingerprint density at radius 3 is 2.56 bits per heavy atom. The van der Waals surface area contributed by atoms with Crippen LogP contribution >= 0.6 is 12.2 Å². The zero-order valence-corrected chi connectivity index (χ0v) is 6.57. The molecule has 1 heterocycles. The van der Waals surface area contributed by atoms with Crippen molar-refractivity contribution >= 4 is 17.4 Å². The Kier molecular flexibility index (Phi) is 1.90. The normalized spacial score (nSPS) is 19.0. The Balaban J connectivity index is 2.49. The van der Waals surface area contributed by atoms with Gasteiger partial charge < -0.3 is 9.64 Å². The summed E-state index contributed by atoms with van der Waals surface area (Å²) >= 11 is 4.92. The van der Waals surface area contributed by atoms with Gasteiger partial charge in [-0.2, -0.15) is 0 Å². The molecule has 3 heteroatoms. The minimum absolute atomic E-state index is 0.486. The Hall–Kier alpha value is -0.310. The third-order valence-corrected chi connectivity index (χ3v) is 1.77. The van der Waals surface area contributed by atoms with Gasteiger partial charge in [0, 0.05) is 6.04 Å². The number of hydrogen-bond acceptors (Lipinski definition) is 2. The second kappa shape index (κ2) is 2.52. The fourth-order valence-corrected chi connectivity index (χ4v) is 1.26. The Morgan fingerprint density at radius 2 is 2.33 bits per heavy atom. The van der Waals surface area contributed by atoms with Crippen LogP contribution in [0.15, 0.2) is 0 Å². The van der Waals surface area contributed by atoms with Crippen molar-refractivity contribution < 1.29 is 4.74 Å². The van der Waals surface area contributed by atoms with Crippen LogP contribution in [0, 0.1) is 0 Å². The van der Waals surface area contributed by atoms with Crippen molar-refractivity contribution in [2.45, 2.75) is 19.9 Å². The number of ether oxygens (including phenoxy) is 1. The molecule has 0 saturated carbocycles. The van der Waals surface area contributed by atoms with Crippen LogP contribution in [0.4, 0.5) is 0 Å². The molecule has 52 valence electrons. The molecule has 9 heavy (non-hydrogen) atoms. The molecular formula is C6H11NOS. The van der Waals surface area contributed by atoms with E-state index in [2.05, 4.69) is 18.7 Å². The summed E-state index contributed by atoms with van der Waals surface area (Å²) in [7, 11) is 0. The van der Waals surface area contributed by atoms with Crippen LogP contribution in [-0.2, 0) is 4.74 Å². The maximum absolute atomic E-state index is 5.08. The van der Waals surface area contributed by atoms with Crippen molar-refractivity contribution in [2.75, 3.05) is 13.2 Å². The predicted molar refractivity (Wildman–Crippen MR) is 40.4 cm³/mol. The monoisotopic (exact) mass is 145 g/mol. The molecule has 2 nitrogen and oxygen atoms in total. The highest BCUT2D eigenvalue weighted by Crippen LogP contribution is 2.07. The molecule has 0 radical (unpaired) electrons. The first-order chi connectivity index (χ1) is 4.22. The Morgan fingerprint density at radius 1 is 1.67 bits per heavy atom. The lowest BCUT2D eigenvalue weighted by Gasteiger charge is -2.18. The third-order valence-electron chi connectivity index (χ3n) is 1.42. The van der Waals surface area contributed by atoms with Crippen molar-refractivity contribution in [2.24, 2.45) is 0 Å². The Bertz CT molecular complexity index is 124. The Labute approximate surface area is 60.8 Å². The van der Waals surface area contributed by atoms with E-state index in [-0.39, 0.29) is 0 Å². The summed E-state index contributed by atoms with van der Waals surface area (Å²) in [5, 5.41) is 0.657. The molecule has 0 aromatic rings. The molecule has 0 atom stereocenters. The SMILES string of the molecule is CC(C)N1CCOC1=S. The number of nitrogens with zero attached hydrogens (tertiary/aromatic N) is 1. The lowest BCUT2D eigenvalue weighted by molar-refractivity contribution is 0.360. The zero-order chi connectivity index (χ0) is 6.85. The van der Waals surface area contributed by atoms with Crippen molar-refractivity contribution in [1.82, 2.24) is 4.90 Å². The minimum Gasteiger partial charge on any atom is -0.469 e. The molecule has 1 rings (SSSR count). The first-order valence-electron chi connectivity index (χ1n) is 3.15. The van der Waals surface area contributed by atoms with E-state index in [1.54, 1.807) is 0 Å². The molecule has 0 amide bonds. The van der Waals surface area contributed by atoms with Crippen LogP contribution in [0.3, 0.4) is 0 Å². The van der Waals surface area contributed by atoms with Crippen molar-refractivity contribution in [3.05, 3.63) is 0 Å². The second-order valence-electron chi connectivity index (χ2n) is 2.40. The molecular weight excluding hydrogens is 134 g/mol. The molecule has 0 N–H and O–H groups in total. The third kappa shape index (κ3) is 1.33. The quantitative estimate of drug-likeness (QED) is 0.511. The zero-order valence-electron chi connectivity index (χ0n) is 5.76. The van der Waals surface area contributed by atoms with E-state index in [4.69, 9.17) is 17.0 Å². The highest BCUT2D eigenvalue weighted by molar-refractivity contribution is 7.80. The molecule has 0 aliphatic carbocycles. The van der Waals surface area contributed by atoms with Gasteiger partial charge in [0.1, 0.15) is 6.61 Å². The first kappa shape index (κ1) is 6.81. The molecule has 1 fully saturated rings. The summed E-state index contributed by atoms with van der Waals surface area (Å²) in [5.74, 6) is 0. The molecule has 0 unspecified atom stereocenters. The van der Waals surface area contributed by atoms with Crippen LogP contribution in [-0.4, -0.2) is 29.3 Å². The van der Waals surface area contributed by atoms with Crippen molar-refractivity contribution in [3.8, 4) is 0 Å². The summed E-state index contributed by atoms with van der Waals surface area (Å²) in [6.07, 6.45) is 0. The highest BCUT2D eigenvalue weighted by Gasteiger charge is 2.19. The van der Waals surface area contributed by atoms with E-state index in [1.165, 1.54) is 0 Å². The van der Waals surface area contributed by atoms with Gasteiger partial charge in [-0.15, -0.1) is 0 Å². The molecule has 1 aliphatic rings. The number of rotatable bonds is 1. The van der Waals surface area contributed by atoms with Crippen LogP contribution in [0.2, 0.25) is 0 Å². The van der Waals surface area contributed by atoms with E-state index in [0.717, 1.165) is 13.2 Å². The maximum Gasteiger partial charge on any atom is 0.259 e. The molecule has 0 spiro atoms. The summed E-state index contributed by atoms with van der Waals surface area (Å²) in [5.41, 5.74) is 0. The number of thiocarbonyl (C=S) groups is 1. The average molecular weight is 145 g/mol. The predicted octanol–water partition coefficient (Wildman–Crippen LogP) is 1.01. The van der Waals surface area contributed by atoms with Gasteiger partial charge in [0.05, 0.1) is 6.54 Å². The van der Waals surface area contributed by atoms with E-state index in [9.17, 15) is 0 Å². The van der Waals surface area contributed by atoms with E-state index < -0.39 is 0 Å². The van der Waals surface area contributed by atoms with Gasteiger partial charge >= 0.3 is 0 Å². The lowest BCUT2D eigenvalue weighted by Crippen LogP contribution is -2.30. The summed E-state index contributed by atoms with van der Waals surface area (Å²) in [4.78, 5) is 2.08. The molecule has 0 bridgehead atoms. The highest BCUT2D eigenvalue weighted by atomic mass is 32.1. The van der Waals surface area contributed by atoms with Crippen molar-refractivity contribution in [3.63, 3.8) is 0 Å². The molecule has 1 aliphatic heterocycles. The van der Waals surface area contributed by atoms with Gasteiger partial charge in [0.25, 0.3) is 5.17 Å². The lowest BCUT2D eigenvalue weighted by atomic mass is 10.3. The summed E-state index contributed by atoms with van der Waals surface area (Å²) < 4.78 is 5.08. The van der Waals surface area contributed by atoms with Crippen LogP contribution in [0.25, 0.3) is 0 Å². The van der Waals surface area contributed by atoms with Gasteiger partial charge in [0.15, 0.2) is 0 Å². The van der Waals surface area contributed by atoms with E-state index in [0.29, 0.717) is 11.2 Å². The molecule has 0 aromatic carbocycles.